The van der Waals surface area contributed by atoms with E-state index >= 15 is 0 Å². The molecule has 1 atom stereocenters. The summed E-state index contributed by atoms with van der Waals surface area (Å²) in [4.78, 5) is 2.33. The second-order valence-corrected chi connectivity index (χ2v) is 5.33. The molecule has 5 nitrogen and oxygen atoms in total. The monoisotopic (exact) mass is 279 g/mol. The van der Waals surface area contributed by atoms with Gasteiger partial charge in [-0.05, 0) is 37.1 Å². The Hall–Kier alpha value is -1.46. The average molecular weight is 279 g/mol. The largest absolute Gasteiger partial charge is 0.493 e. The van der Waals surface area contributed by atoms with Crippen molar-refractivity contribution in [2.45, 2.75) is 31.8 Å². The van der Waals surface area contributed by atoms with Crippen molar-refractivity contribution in [2.24, 2.45) is 0 Å². The number of rotatable bonds is 4. The van der Waals surface area contributed by atoms with Gasteiger partial charge in [-0.3, -0.25) is 4.90 Å². The van der Waals surface area contributed by atoms with E-state index in [4.69, 9.17) is 14.2 Å². The Bertz CT molecular complexity index is 477. The fraction of sp³-hybridized carbons (Fsp3) is 0.600. The maximum absolute atomic E-state index is 9.48. The first-order valence-corrected chi connectivity index (χ1v) is 7.13. The number of hydrogen-bond donors (Lipinski definition) is 1. The van der Waals surface area contributed by atoms with E-state index in [9.17, 15) is 5.11 Å². The highest BCUT2D eigenvalue weighted by Gasteiger charge is 2.24. The van der Waals surface area contributed by atoms with Crippen LogP contribution in [0.25, 0.3) is 0 Å². The highest BCUT2D eigenvalue weighted by molar-refractivity contribution is 5.55. The molecule has 3 rings (SSSR count). The van der Waals surface area contributed by atoms with Gasteiger partial charge in [-0.15, -0.1) is 0 Å². The molecule has 0 saturated carbocycles. The Labute approximate surface area is 119 Å². The van der Waals surface area contributed by atoms with Gasteiger partial charge in [0, 0.05) is 12.6 Å². The minimum atomic E-state index is 0.224. The molecule has 0 aliphatic carbocycles. The summed E-state index contributed by atoms with van der Waals surface area (Å²) in [6.07, 6.45) is 3.46. The van der Waals surface area contributed by atoms with E-state index in [2.05, 4.69) is 4.90 Å². The van der Waals surface area contributed by atoms with Gasteiger partial charge in [-0.25, -0.2) is 0 Å². The molecular formula is C15H21NO4. The first-order valence-electron chi connectivity index (χ1n) is 7.13. The summed E-state index contributed by atoms with van der Waals surface area (Å²) >= 11 is 0. The first kappa shape index (κ1) is 13.5. The van der Waals surface area contributed by atoms with Crippen LogP contribution in [0.4, 0.5) is 0 Å². The molecule has 110 valence electrons. The van der Waals surface area contributed by atoms with Crippen molar-refractivity contribution in [3.8, 4) is 17.2 Å². The van der Waals surface area contributed by atoms with Crippen molar-refractivity contribution in [3.05, 3.63) is 17.7 Å². The van der Waals surface area contributed by atoms with E-state index < -0.39 is 0 Å². The molecule has 1 N–H and O–H groups in total. The molecule has 0 radical (unpaired) electrons. The predicted octanol–water partition coefficient (Wildman–Crippen LogP) is 1.77. The number of hydrogen-bond acceptors (Lipinski definition) is 5. The smallest absolute Gasteiger partial charge is 0.231 e. The molecule has 0 aromatic heterocycles. The zero-order chi connectivity index (χ0) is 13.9. The van der Waals surface area contributed by atoms with Crippen LogP contribution < -0.4 is 14.2 Å². The maximum atomic E-state index is 9.48. The van der Waals surface area contributed by atoms with Crippen LogP contribution in [0, 0.1) is 0 Å². The molecule has 2 aliphatic heterocycles. The SMILES string of the molecule is COc1cc(CN2CCCC[C@H]2CO)cc2c1OCO2. The van der Waals surface area contributed by atoms with Crippen molar-refractivity contribution in [1.29, 1.82) is 0 Å². The molecule has 20 heavy (non-hydrogen) atoms. The van der Waals surface area contributed by atoms with Crippen LogP contribution in [0.1, 0.15) is 24.8 Å². The zero-order valence-corrected chi connectivity index (χ0v) is 11.8. The summed E-state index contributed by atoms with van der Waals surface area (Å²) in [5.74, 6) is 2.15. The van der Waals surface area contributed by atoms with E-state index in [0.717, 1.165) is 30.8 Å². The summed E-state index contributed by atoms with van der Waals surface area (Å²) in [5, 5.41) is 9.48. The summed E-state index contributed by atoms with van der Waals surface area (Å²) in [7, 11) is 1.64. The Balaban J connectivity index is 1.80. The molecule has 1 fully saturated rings. The number of piperidine rings is 1. The number of aliphatic hydroxyl groups is 1. The molecule has 5 heteroatoms. The van der Waals surface area contributed by atoms with Crippen LogP contribution in [-0.2, 0) is 6.54 Å². The van der Waals surface area contributed by atoms with E-state index in [1.165, 1.54) is 12.8 Å². The van der Waals surface area contributed by atoms with Gasteiger partial charge in [0.15, 0.2) is 11.5 Å². The highest BCUT2D eigenvalue weighted by atomic mass is 16.7. The van der Waals surface area contributed by atoms with Crippen molar-refractivity contribution in [3.63, 3.8) is 0 Å². The molecule has 1 aromatic carbocycles. The number of aliphatic hydroxyl groups excluding tert-OH is 1. The van der Waals surface area contributed by atoms with E-state index in [0.29, 0.717) is 11.5 Å². The van der Waals surface area contributed by atoms with Gasteiger partial charge in [0.1, 0.15) is 0 Å². The van der Waals surface area contributed by atoms with Gasteiger partial charge in [0.25, 0.3) is 0 Å². The van der Waals surface area contributed by atoms with Gasteiger partial charge in [-0.2, -0.15) is 0 Å². The second-order valence-electron chi connectivity index (χ2n) is 5.33. The standard InChI is InChI=1S/C15H21NO4/c1-18-13-6-11(7-14-15(13)20-10-19-14)8-16-5-3-2-4-12(16)9-17/h6-7,12,17H,2-5,8-10H2,1H3/t12-/m0/s1. The minimum absolute atomic E-state index is 0.224. The Morgan fingerprint density at radius 2 is 2.25 bits per heavy atom. The number of benzene rings is 1. The molecule has 2 aliphatic rings. The van der Waals surface area contributed by atoms with Crippen molar-refractivity contribution < 1.29 is 19.3 Å². The van der Waals surface area contributed by atoms with E-state index in [-0.39, 0.29) is 19.4 Å². The lowest BCUT2D eigenvalue weighted by atomic mass is 10.0. The molecule has 0 amide bonds. The average Bonchev–Trinajstić information content (AvgIpc) is 2.95. The molecule has 0 unspecified atom stereocenters. The third kappa shape index (κ3) is 2.55. The molecule has 1 saturated heterocycles. The summed E-state index contributed by atoms with van der Waals surface area (Å²) in [6, 6.07) is 4.27. The highest BCUT2D eigenvalue weighted by Crippen LogP contribution is 2.42. The fourth-order valence-corrected chi connectivity index (χ4v) is 2.98. The maximum Gasteiger partial charge on any atom is 0.231 e. The number of fused-ring (bicyclic) bond motifs is 1. The second kappa shape index (κ2) is 5.89. The Morgan fingerprint density at radius 3 is 3.05 bits per heavy atom. The number of likely N-dealkylation sites (tertiary alicyclic amines) is 1. The normalized spacial score (nSPS) is 22.0. The van der Waals surface area contributed by atoms with Gasteiger partial charge in [-0.1, -0.05) is 6.42 Å². The molecule has 1 aromatic rings. The predicted molar refractivity (Wildman–Crippen MR) is 74.3 cm³/mol. The lowest BCUT2D eigenvalue weighted by molar-refractivity contribution is 0.0840. The quantitative estimate of drug-likeness (QED) is 0.910. The topological polar surface area (TPSA) is 51.2 Å². The third-order valence-electron chi connectivity index (χ3n) is 4.06. The van der Waals surface area contributed by atoms with Crippen LogP contribution in [0.15, 0.2) is 12.1 Å². The summed E-state index contributed by atoms with van der Waals surface area (Å²) < 4.78 is 16.2. The van der Waals surface area contributed by atoms with Gasteiger partial charge in [0.2, 0.25) is 12.5 Å². The minimum Gasteiger partial charge on any atom is -0.493 e. The summed E-state index contributed by atoms with van der Waals surface area (Å²) in [5.41, 5.74) is 1.13. The van der Waals surface area contributed by atoms with E-state index in [1.807, 2.05) is 12.1 Å². The fourth-order valence-electron chi connectivity index (χ4n) is 2.98. The lowest BCUT2D eigenvalue weighted by Crippen LogP contribution is -2.41. The third-order valence-corrected chi connectivity index (χ3v) is 4.06. The van der Waals surface area contributed by atoms with Crippen LogP contribution in [0.3, 0.4) is 0 Å². The molecular weight excluding hydrogens is 258 g/mol. The van der Waals surface area contributed by atoms with Crippen LogP contribution in [-0.4, -0.2) is 43.1 Å². The van der Waals surface area contributed by atoms with Gasteiger partial charge < -0.3 is 19.3 Å². The number of ether oxygens (including phenoxy) is 3. The number of nitrogens with zero attached hydrogens (tertiary/aromatic N) is 1. The molecule has 0 spiro atoms. The number of methoxy groups -OCH3 is 1. The lowest BCUT2D eigenvalue weighted by Gasteiger charge is -2.34. The van der Waals surface area contributed by atoms with Crippen molar-refractivity contribution in [2.75, 3.05) is 27.1 Å². The molecule has 0 bridgehead atoms. The van der Waals surface area contributed by atoms with Crippen LogP contribution in [0.2, 0.25) is 0 Å². The Kier molecular flexibility index (Phi) is 3.98. The zero-order valence-electron chi connectivity index (χ0n) is 11.8. The molecule has 2 heterocycles. The van der Waals surface area contributed by atoms with Crippen LogP contribution >= 0.6 is 0 Å². The van der Waals surface area contributed by atoms with Gasteiger partial charge >= 0.3 is 0 Å². The summed E-state index contributed by atoms with van der Waals surface area (Å²) in [6.45, 7) is 2.31. The Morgan fingerprint density at radius 1 is 1.35 bits per heavy atom. The van der Waals surface area contributed by atoms with Crippen molar-refractivity contribution in [1.82, 2.24) is 4.90 Å². The van der Waals surface area contributed by atoms with E-state index in [1.54, 1.807) is 7.11 Å². The van der Waals surface area contributed by atoms with Crippen molar-refractivity contribution >= 4 is 0 Å². The van der Waals surface area contributed by atoms with Gasteiger partial charge in [0.05, 0.1) is 13.7 Å². The first-order chi connectivity index (χ1) is 9.81. The van der Waals surface area contributed by atoms with Crippen LogP contribution in [0.5, 0.6) is 17.2 Å².